The first-order valence-electron chi connectivity index (χ1n) is 7.52. The molecule has 2 fully saturated rings. The monoisotopic (exact) mass is 271 g/mol. The molecule has 0 spiro atoms. The van der Waals surface area contributed by atoms with Gasteiger partial charge in [-0.15, -0.1) is 0 Å². The van der Waals surface area contributed by atoms with Crippen LogP contribution in [0.4, 0.5) is 0 Å². The Bertz CT molecular complexity index is 285. The molecule has 0 unspecified atom stereocenters. The summed E-state index contributed by atoms with van der Waals surface area (Å²) in [4.78, 5) is 0. The molecule has 1 N–H and O–H groups in total. The number of ether oxygens (including phenoxy) is 3. The fraction of sp³-hybridized carbons (Fsp3) is 1.00. The maximum atomic E-state index is 6.06. The molecule has 0 aromatic carbocycles. The van der Waals surface area contributed by atoms with Gasteiger partial charge in [0.15, 0.2) is 0 Å². The molecule has 2 rings (SSSR count). The second-order valence-corrected chi connectivity index (χ2v) is 6.89. The third kappa shape index (κ3) is 4.42. The van der Waals surface area contributed by atoms with Crippen LogP contribution >= 0.6 is 0 Å². The van der Waals surface area contributed by atoms with Gasteiger partial charge >= 0.3 is 0 Å². The molecule has 19 heavy (non-hydrogen) atoms. The molecule has 2 heterocycles. The minimum absolute atomic E-state index is 0.0281. The highest BCUT2D eigenvalue weighted by Gasteiger charge is 2.45. The largest absolute Gasteiger partial charge is 0.377 e. The number of hydrogen-bond donors (Lipinski definition) is 1. The van der Waals surface area contributed by atoms with Gasteiger partial charge in [0, 0.05) is 19.2 Å². The maximum Gasteiger partial charge on any atom is 0.0809 e. The van der Waals surface area contributed by atoms with Crippen LogP contribution in [0.5, 0.6) is 0 Å². The van der Waals surface area contributed by atoms with Gasteiger partial charge in [0.2, 0.25) is 0 Å². The predicted octanol–water partition coefficient (Wildman–Crippen LogP) is 2.12. The molecule has 0 aliphatic carbocycles. The summed E-state index contributed by atoms with van der Waals surface area (Å²) >= 11 is 0. The van der Waals surface area contributed by atoms with E-state index in [0.29, 0.717) is 12.1 Å². The van der Waals surface area contributed by atoms with Crippen LogP contribution in [0.1, 0.15) is 47.0 Å². The molecule has 0 saturated carbocycles. The van der Waals surface area contributed by atoms with Crippen molar-refractivity contribution in [1.29, 1.82) is 0 Å². The fourth-order valence-corrected chi connectivity index (χ4v) is 3.18. The van der Waals surface area contributed by atoms with Crippen molar-refractivity contribution in [3.05, 3.63) is 0 Å². The summed E-state index contributed by atoms with van der Waals surface area (Å²) in [6.07, 6.45) is 3.69. The molecule has 0 aromatic heterocycles. The lowest BCUT2D eigenvalue weighted by Crippen LogP contribution is -2.44. The van der Waals surface area contributed by atoms with E-state index in [1.165, 1.54) is 6.42 Å². The zero-order valence-electron chi connectivity index (χ0n) is 12.8. The normalized spacial score (nSPS) is 32.8. The van der Waals surface area contributed by atoms with Crippen LogP contribution in [-0.4, -0.2) is 49.7 Å². The van der Waals surface area contributed by atoms with Crippen molar-refractivity contribution in [3.8, 4) is 0 Å². The molecule has 112 valence electrons. The summed E-state index contributed by atoms with van der Waals surface area (Å²) in [5.74, 6) is 0. The van der Waals surface area contributed by atoms with Gasteiger partial charge in [0.05, 0.1) is 30.5 Å². The molecule has 0 bridgehead atoms. The van der Waals surface area contributed by atoms with E-state index < -0.39 is 0 Å². The van der Waals surface area contributed by atoms with Gasteiger partial charge in [-0.25, -0.2) is 0 Å². The lowest BCUT2D eigenvalue weighted by Gasteiger charge is -2.27. The van der Waals surface area contributed by atoms with E-state index in [2.05, 4.69) is 33.0 Å². The van der Waals surface area contributed by atoms with Gasteiger partial charge in [-0.1, -0.05) is 0 Å². The summed E-state index contributed by atoms with van der Waals surface area (Å²) in [6.45, 7) is 11.9. The number of rotatable bonds is 6. The second-order valence-electron chi connectivity index (χ2n) is 6.89. The van der Waals surface area contributed by atoms with Crippen molar-refractivity contribution in [1.82, 2.24) is 5.32 Å². The summed E-state index contributed by atoms with van der Waals surface area (Å²) in [5.41, 5.74) is -0.127. The van der Waals surface area contributed by atoms with Crippen LogP contribution in [0, 0.1) is 0 Å². The zero-order chi connectivity index (χ0) is 13.9. The average molecular weight is 271 g/mol. The number of nitrogens with one attached hydrogen (secondary N) is 1. The standard InChI is InChI=1S/C15H29NO3/c1-14(2)10-13(15(3,4)19-14)16-7-9-17-11-12-6-5-8-18-12/h12-13,16H,5-11H2,1-4H3/t12-,13-/m0/s1. The lowest BCUT2D eigenvalue weighted by atomic mass is 9.94. The summed E-state index contributed by atoms with van der Waals surface area (Å²) in [5, 5.41) is 3.56. The Morgan fingerprint density at radius 3 is 2.63 bits per heavy atom. The van der Waals surface area contributed by atoms with Gasteiger partial charge in [0.25, 0.3) is 0 Å². The van der Waals surface area contributed by atoms with E-state index in [1.807, 2.05) is 0 Å². The molecular formula is C15H29NO3. The first-order valence-corrected chi connectivity index (χ1v) is 7.52. The van der Waals surface area contributed by atoms with Crippen molar-refractivity contribution in [2.24, 2.45) is 0 Å². The lowest BCUT2D eigenvalue weighted by molar-refractivity contribution is -0.0702. The predicted molar refractivity (Wildman–Crippen MR) is 75.4 cm³/mol. The molecular weight excluding hydrogens is 242 g/mol. The van der Waals surface area contributed by atoms with E-state index in [9.17, 15) is 0 Å². The highest BCUT2D eigenvalue weighted by molar-refractivity contribution is 4.98. The Morgan fingerprint density at radius 1 is 1.26 bits per heavy atom. The van der Waals surface area contributed by atoms with E-state index in [1.54, 1.807) is 0 Å². The summed E-state index contributed by atoms with van der Waals surface area (Å²) in [7, 11) is 0. The van der Waals surface area contributed by atoms with Crippen molar-refractivity contribution >= 4 is 0 Å². The molecule has 2 atom stereocenters. The molecule has 2 aliphatic rings. The topological polar surface area (TPSA) is 39.7 Å². The minimum Gasteiger partial charge on any atom is -0.377 e. The quantitative estimate of drug-likeness (QED) is 0.751. The number of hydrogen-bond acceptors (Lipinski definition) is 4. The Balaban J connectivity index is 1.60. The smallest absolute Gasteiger partial charge is 0.0809 e. The molecule has 2 aliphatic heterocycles. The summed E-state index contributed by atoms with van der Waals surface area (Å²) in [6, 6.07) is 0.397. The second kappa shape index (κ2) is 6.08. The summed E-state index contributed by atoms with van der Waals surface area (Å²) < 4.78 is 17.3. The third-order valence-electron chi connectivity index (χ3n) is 4.04. The first kappa shape index (κ1) is 15.2. The van der Waals surface area contributed by atoms with Crippen LogP contribution in [0.25, 0.3) is 0 Å². The molecule has 2 saturated heterocycles. The molecule has 0 aromatic rings. The van der Waals surface area contributed by atoms with Crippen LogP contribution in [0.2, 0.25) is 0 Å². The van der Waals surface area contributed by atoms with E-state index in [0.717, 1.165) is 39.2 Å². The van der Waals surface area contributed by atoms with Crippen molar-refractivity contribution in [2.45, 2.75) is 70.3 Å². The van der Waals surface area contributed by atoms with Crippen LogP contribution in [0.15, 0.2) is 0 Å². The zero-order valence-corrected chi connectivity index (χ0v) is 12.8. The van der Waals surface area contributed by atoms with Gasteiger partial charge in [-0.2, -0.15) is 0 Å². The molecule has 4 heteroatoms. The average Bonchev–Trinajstić information content (AvgIpc) is 2.84. The highest BCUT2D eigenvalue weighted by Crippen LogP contribution is 2.37. The first-order chi connectivity index (χ1) is 8.89. The third-order valence-corrected chi connectivity index (χ3v) is 4.04. The Kier molecular flexibility index (Phi) is 4.88. The van der Waals surface area contributed by atoms with Crippen LogP contribution in [-0.2, 0) is 14.2 Å². The van der Waals surface area contributed by atoms with Gasteiger partial charge in [0.1, 0.15) is 0 Å². The fourth-order valence-electron chi connectivity index (χ4n) is 3.18. The Labute approximate surface area is 117 Å². The van der Waals surface area contributed by atoms with Crippen molar-refractivity contribution in [2.75, 3.05) is 26.4 Å². The van der Waals surface area contributed by atoms with Crippen molar-refractivity contribution < 1.29 is 14.2 Å². The van der Waals surface area contributed by atoms with Gasteiger partial charge in [-0.05, 0) is 47.0 Å². The van der Waals surface area contributed by atoms with Crippen LogP contribution < -0.4 is 5.32 Å². The van der Waals surface area contributed by atoms with Crippen molar-refractivity contribution in [3.63, 3.8) is 0 Å². The minimum atomic E-state index is -0.0991. The van der Waals surface area contributed by atoms with Gasteiger partial charge in [-0.3, -0.25) is 0 Å². The van der Waals surface area contributed by atoms with E-state index in [-0.39, 0.29) is 11.2 Å². The Hall–Kier alpha value is -0.160. The Morgan fingerprint density at radius 2 is 2.05 bits per heavy atom. The van der Waals surface area contributed by atoms with E-state index >= 15 is 0 Å². The molecule has 0 radical (unpaired) electrons. The maximum absolute atomic E-state index is 6.06. The van der Waals surface area contributed by atoms with Gasteiger partial charge < -0.3 is 19.5 Å². The molecule has 0 amide bonds. The SMILES string of the molecule is CC1(C)C[C@H](NCCOC[C@@H]2CCCO2)C(C)(C)O1. The highest BCUT2D eigenvalue weighted by atomic mass is 16.5. The molecule has 4 nitrogen and oxygen atoms in total. The van der Waals surface area contributed by atoms with Crippen LogP contribution in [0.3, 0.4) is 0 Å². The van der Waals surface area contributed by atoms with E-state index in [4.69, 9.17) is 14.2 Å².